The van der Waals surface area contributed by atoms with E-state index < -0.39 is 35.7 Å². The summed E-state index contributed by atoms with van der Waals surface area (Å²) in [5.74, 6) is -2.43. The number of aliphatic carboxylic acids is 1. The first kappa shape index (κ1) is 26.5. The van der Waals surface area contributed by atoms with Crippen molar-refractivity contribution in [3.05, 3.63) is 47.5 Å². The number of amides is 3. The lowest BCUT2D eigenvalue weighted by Crippen LogP contribution is -2.56. The second kappa shape index (κ2) is 12.0. The smallest absolute Gasteiger partial charge is 0.409 e. The SMILES string of the molecule is CCOC(=O)N1CCN(C(=O)[C@H](CCC(=O)O)NC(=O)c2cc(C)nc(-c3ccc(F)cc3)n2)CC1. The van der Waals surface area contributed by atoms with E-state index in [9.17, 15) is 23.6 Å². The lowest BCUT2D eigenvalue weighted by atomic mass is 10.1. The van der Waals surface area contributed by atoms with E-state index in [1.165, 1.54) is 40.1 Å². The van der Waals surface area contributed by atoms with Crippen LogP contribution in [0.1, 0.15) is 35.9 Å². The molecule has 1 aliphatic rings. The second-order valence-electron chi connectivity index (χ2n) is 8.19. The van der Waals surface area contributed by atoms with Crippen LogP contribution in [0.15, 0.2) is 30.3 Å². The van der Waals surface area contributed by atoms with E-state index >= 15 is 0 Å². The van der Waals surface area contributed by atoms with E-state index in [0.29, 0.717) is 11.3 Å². The molecule has 0 spiro atoms. The van der Waals surface area contributed by atoms with E-state index in [1.54, 1.807) is 13.8 Å². The minimum absolute atomic E-state index is 0.0120. The fraction of sp³-hybridized carbons (Fsp3) is 0.417. The van der Waals surface area contributed by atoms with Gasteiger partial charge in [0.1, 0.15) is 17.6 Å². The van der Waals surface area contributed by atoms with Crippen molar-refractivity contribution < 1.29 is 33.4 Å². The maximum Gasteiger partial charge on any atom is 0.409 e. The van der Waals surface area contributed by atoms with Crippen LogP contribution < -0.4 is 5.32 Å². The van der Waals surface area contributed by atoms with Crippen LogP contribution in [-0.2, 0) is 14.3 Å². The zero-order chi connectivity index (χ0) is 26.2. The topological polar surface area (TPSA) is 142 Å². The van der Waals surface area contributed by atoms with Gasteiger partial charge < -0.3 is 25.0 Å². The Hall–Kier alpha value is -4.09. The maximum atomic E-state index is 13.3. The van der Waals surface area contributed by atoms with Crippen molar-refractivity contribution in [3.63, 3.8) is 0 Å². The second-order valence-corrected chi connectivity index (χ2v) is 8.19. The molecular weight excluding hydrogens is 473 g/mol. The van der Waals surface area contributed by atoms with Crippen LogP contribution in [0.2, 0.25) is 0 Å². The maximum absolute atomic E-state index is 13.3. The van der Waals surface area contributed by atoms with Gasteiger partial charge in [0.05, 0.1) is 6.61 Å². The van der Waals surface area contributed by atoms with Gasteiger partial charge in [0.15, 0.2) is 5.82 Å². The fourth-order valence-corrected chi connectivity index (χ4v) is 3.71. The van der Waals surface area contributed by atoms with Gasteiger partial charge in [0.25, 0.3) is 5.91 Å². The van der Waals surface area contributed by atoms with Crippen LogP contribution in [0.5, 0.6) is 0 Å². The summed E-state index contributed by atoms with van der Waals surface area (Å²) in [6, 6.07) is 5.82. The Kier molecular flexibility index (Phi) is 8.87. The van der Waals surface area contributed by atoms with Gasteiger partial charge in [-0.3, -0.25) is 14.4 Å². The Morgan fingerprint density at radius 1 is 1.08 bits per heavy atom. The molecule has 0 saturated carbocycles. The molecule has 1 atom stereocenters. The summed E-state index contributed by atoms with van der Waals surface area (Å²) in [5, 5.41) is 11.7. The molecule has 2 aromatic rings. The molecule has 0 radical (unpaired) electrons. The van der Waals surface area contributed by atoms with Gasteiger partial charge in [0, 0.05) is 43.9 Å². The minimum Gasteiger partial charge on any atom is -0.481 e. The standard InChI is InChI=1S/C24H28FN5O6/c1-3-36-24(35)30-12-10-29(11-13-30)23(34)18(8-9-20(31)32)28-22(33)19-14-15(2)26-21(27-19)16-4-6-17(25)7-5-16/h4-7,14,18H,3,8-13H2,1-2H3,(H,28,33)(H,31,32)/t18-/m0/s1. The third-order valence-corrected chi connectivity index (χ3v) is 5.56. The number of benzene rings is 1. The van der Waals surface area contributed by atoms with Crippen LogP contribution in [0.4, 0.5) is 9.18 Å². The van der Waals surface area contributed by atoms with Gasteiger partial charge >= 0.3 is 12.1 Å². The van der Waals surface area contributed by atoms with Gasteiger partial charge in [-0.1, -0.05) is 0 Å². The Morgan fingerprint density at radius 3 is 2.33 bits per heavy atom. The number of carboxylic acids is 1. The molecule has 0 bridgehead atoms. The van der Waals surface area contributed by atoms with E-state index in [-0.39, 0.29) is 57.1 Å². The number of rotatable bonds is 8. The highest BCUT2D eigenvalue weighted by Crippen LogP contribution is 2.17. The van der Waals surface area contributed by atoms with E-state index in [0.717, 1.165) is 0 Å². The van der Waals surface area contributed by atoms with Crippen molar-refractivity contribution in [2.24, 2.45) is 0 Å². The Morgan fingerprint density at radius 2 is 1.72 bits per heavy atom. The predicted molar refractivity (Wildman–Crippen MR) is 125 cm³/mol. The lowest BCUT2D eigenvalue weighted by molar-refractivity contribution is -0.138. The summed E-state index contributed by atoms with van der Waals surface area (Å²) in [6.07, 6.45) is -0.910. The first-order chi connectivity index (χ1) is 17.2. The summed E-state index contributed by atoms with van der Waals surface area (Å²) in [4.78, 5) is 60.8. The average molecular weight is 502 g/mol. The molecule has 12 heteroatoms. The molecular formula is C24H28FN5O6. The molecule has 1 saturated heterocycles. The molecule has 11 nitrogen and oxygen atoms in total. The number of hydrogen-bond donors (Lipinski definition) is 2. The number of ether oxygens (including phenoxy) is 1. The molecule has 36 heavy (non-hydrogen) atoms. The molecule has 0 aliphatic carbocycles. The third kappa shape index (κ3) is 6.96. The van der Waals surface area contributed by atoms with Gasteiger partial charge in [-0.25, -0.2) is 19.2 Å². The quantitative estimate of drug-likeness (QED) is 0.558. The number of carboxylic acid groups (broad SMARTS) is 1. The molecule has 3 rings (SSSR count). The highest BCUT2D eigenvalue weighted by Gasteiger charge is 2.31. The van der Waals surface area contributed by atoms with Crippen molar-refractivity contribution in [3.8, 4) is 11.4 Å². The fourth-order valence-electron chi connectivity index (χ4n) is 3.71. The van der Waals surface area contributed by atoms with Crippen molar-refractivity contribution >= 4 is 23.9 Å². The highest BCUT2D eigenvalue weighted by atomic mass is 19.1. The molecule has 1 aromatic heterocycles. The monoisotopic (exact) mass is 501 g/mol. The average Bonchev–Trinajstić information content (AvgIpc) is 2.86. The highest BCUT2D eigenvalue weighted by molar-refractivity contribution is 5.96. The molecule has 1 aromatic carbocycles. The molecule has 1 aliphatic heterocycles. The van der Waals surface area contributed by atoms with E-state index in [4.69, 9.17) is 9.84 Å². The van der Waals surface area contributed by atoms with Crippen molar-refractivity contribution in [1.29, 1.82) is 0 Å². The lowest BCUT2D eigenvalue weighted by Gasteiger charge is -2.35. The summed E-state index contributed by atoms with van der Waals surface area (Å²) in [7, 11) is 0. The van der Waals surface area contributed by atoms with Gasteiger partial charge in [-0.05, 0) is 50.6 Å². The number of carbonyl (C=O) groups excluding carboxylic acids is 3. The zero-order valence-corrected chi connectivity index (χ0v) is 20.1. The summed E-state index contributed by atoms with van der Waals surface area (Å²) < 4.78 is 18.3. The zero-order valence-electron chi connectivity index (χ0n) is 20.1. The largest absolute Gasteiger partial charge is 0.481 e. The Balaban J connectivity index is 1.74. The number of piperazine rings is 1. The number of nitrogens with one attached hydrogen (secondary N) is 1. The number of aryl methyl sites for hydroxylation is 1. The first-order valence-corrected chi connectivity index (χ1v) is 11.5. The van der Waals surface area contributed by atoms with Crippen LogP contribution in [0.3, 0.4) is 0 Å². The molecule has 192 valence electrons. The van der Waals surface area contributed by atoms with Crippen molar-refractivity contribution in [1.82, 2.24) is 25.1 Å². The third-order valence-electron chi connectivity index (χ3n) is 5.56. The summed E-state index contributed by atoms with van der Waals surface area (Å²) >= 11 is 0. The number of carbonyl (C=O) groups is 4. The summed E-state index contributed by atoms with van der Waals surface area (Å²) in [6.45, 7) is 4.58. The number of hydrogen-bond acceptors (Lipinski definition) is 7. The van der Waals surface area contributed by atoms with E-state index in [2.05, 4.69) is 15.3 Å². The van der Waals surface area contributed by atoms with Crippen LogP contribution in [0.25, 0.3) is 11.4 Å². The number of halogens is 1. The Bertz CT molecular complexity index is 1120. The minimum atomic E-state index is -1.11. The van der Waals surface area contributed by atoms with Crippen molar-refractivity contribution in [2.45, 2.75) is 32.7 Å². The van der Waals surface area contributed by atoms with Gasteiger partial charge in [-0.2, -0.15) is 0 Å². The molecule has 1 fully saturated rings. The number of nitrogens with zero attached hydrogens (tertiary/aromatic N) is 4. The molecule has 2 N–H and O–H groups in total. The van der Waals surface area contributed by atoms with Crippen LogP contribution >= 0.6 is 0 Å². The first-order valence-electron chi connectivity index (χ1n) is 11.5. The Labute approximate surface area is 207 Å². The van der Waals surface area contributed by atoms with Crippen LogP contribution in [0, 0.1) is 12.7 Å². The molecule has 3 amide bonds. The summed E-state index contributed by atoms with van der Waals surface area (Å²) in [5.41, 5.74) is 0.979. The molecule has 0 unspecified atom stereocenters. The van der Waals surface area contributed by atoms with Crippen molar-refractivity contribution in [2.75, 3.05) is 32.8 Å². The predicted octanol–water partition coefficient (Wildman–Crippen LogP) is 1.86. The van der Waals surface area contributed by atoms with Gasteiger partial charge in [0.2, 0.25) is 5.91 Å². The molecule has 2 heterocycles. The number of aromatic nitrogens is 2. The normalized spacial score (nSPS) is 14.2. The van der Waals surface area contributed by atoms with Crippen LogP contribution in [-0.4, -0.2) is 87.6 Å². The van der Waals surface area contributed by atoms with Gasteiger partial charge in [-0.15, -0.1) is 0 Å². The van der Waals surface area contributed by atoms with E-state index in [1.807, 2.05) is 0 Å².